The first-order valence-electron chi connectivity index (χ1n) is 10.3. The van der Waals surface area contributed by atoms with Gasteiger partial charge in [-0.1, -0.05) is 49.7 Å². The number of aromatic amines is 1. The summed E-state index contributed by atoms with van der Waals surface area (Å²) in [7, 11) is 0. The van der Waals surface area contributed by atoms with Crippen molar-refractivity contribution in [3.05, 3.63) is 77.3 Å². The summed E-state index contributed by atoms with van der Waals surface area (Å²) in [6.07, 6.45) is 1.08. The second kappa shape index (κ2) is 9.23. The van der Waals surface area contributed by atoms with Crippen LogP contribution in [0.25, 0.3) is 22.4 Å². The molecule has 0 unspecified atom stereocenters. The van der Waals surface area contributed by atoms with Crippen LogP contribution in [0.15, 0.2) is 66.7 Å². The van der Waals surface area contributed by atoms with E-state index in [1.165, 1.54) is 5.56 Å². The first kappa shape index (κ1) is 20.9. The van der Waals surface area contributed by atoms with Gasteiger partial charge in [-0.15, -0.1) is 0 Å². The highest BCUT2D eigenvalue weighted by Crippen LogP contribution is 2.29. The number of fused-ring (bicyclic) bond motifs is 1. The second-order valence-corrected chi connectivity index (χ2v) is 7.92. The summed E-state index contributed by atoms with van der Waals surface area (Å²) in [6.45, 7) is 4.24. The number of imidazole rings is 1. The second-order valence-electron chi connectivity index (χ2n) is 7.51. The lowest BCUT2D eigenvalue weighted by Crippen LogP contribution is -2.20. The summed E-state index contributed by atoms with van der Waals surface area (Å²) in [6, 6.07) is 21.1. The molecule has 6 heteroatoms. The molecule has 0 aliphatic rings. The maximum absolute atomic E-state index is 12.4. The third-order valence-electron chi connectivity index (χ3n) is 5.33. The Bertz CT molecular complexity index is 1170. The van der Waals surface area contributed by atoms with Crippen molar-refractivity contribution in [1.29, 1.82) is 0 Å². The third-order valence-corrected chi connectivity index (χ3v) is 5.66. The molecule has 1 amide bonds. The number of rotatable bonds is 7. The Hall–Kier alpha value is -3.31. The van der Waals surface area contributed by atoms with E-state index in [1.807, 2.05) is 54.6 Å². The Morgan fingerprint density at radius 1 is 1.13 bits per heavy atom. The molecule has 3 aromatic carbocycles. The fourth-order valence-electron chi connectivity index (χ4n) is 3.32. The number of benzene rings is 3. The fraction of sp³-hybridized carbons (Fsp3) is 0.200. The molecule has 0 saturated carbocycles. The molecule has 0 fully saturated rings. The number of carbonyl (C=O) groups is 1. The van der Waals surface area contributed by atoms with Gasteiger partial charge in [0.2, 0.25) is 0 Å². The first-order chi connectivity index (χ1) is 15.0. The van der Waals surface area contributed by atoms with E-state index in [-0.39, 0.29) is 12.5 Å². The van der Waals surface area contributed by atoms with Crippen molar-refractivity contribution >= 4 is 34.2 Å². The molecule has 4 aromatic rings. The summed E-state index contributed by atoms with van der Waals surface area (Å²) >= 11 is 6.30. The Morgan fingerprint density at radius 2 is 1.90 bits per heavy atom. The van der Waals surface area contributed by atoms with Gasteiger partial charge in [0.25, 0.3) is 5.91 Å². The van der Waals surface area contributed by atoms with E-state index < -0.39 is 0 Å². The highest BCUT2D eigenvalue weighted by atomic mass is 35.5. The van der Waals surface area contributed by atoms with Crippen molar-refractivity contribution in [2.45, 2.75) is 26.2 Å². The molecule has 158 valence electrons. The van der Waals surface area contributed by atoms with Crippen molar-refractivity contribution < 1.29 is 9.53 Å². The van der Waals surface area contributed by atoms with Crippen LogP contribution in [0.1, 0.15) is 31.7 Å². The van der Waals surface area contributed by atoms with E-state index in [0.717, 1.165) is 23.0 Å². The fourth-order valence-corrected chi connectivity index (χ4v) is 3.49. The Kier molecular flexibility index (Phi) is 6.23. The molecule has 1 aromatic heterocycles. The predicted octanol–water partition coefficient (Wildman–Crippen LogP) is 6.41. The summed E-state index contributed by atoms with van der Waals surface area (Å²) in [4.78, 5) is 20.3. The highest BCUT2D eigenvalue weighted by Gasteiger charge is 2.11. The molecule has 1 atom stereocenters. The van der Waals surface area contributed by atoms with Crippen LogP contribution in [-0.2, 0) is 4.79 Å². The number of ether oxygens (including phenoxy) is 1. The van der Waals surface area contributed by atoms with E-state index in [1.54, 1.807) is 12.1 Å². The molecule has 4 rings (SSSR count). The number of amides is 1. The van der Waals surface area contributed by atoms with Crippen LogP contribution < -0.4 is 10.1 Å². The van der Waals surface area contributed by atoms with E-state index in [0.29, 0.717) is 28.2 Å². The molecule has 5 nitrogen and oxygen atoms in total. The van der Waals surface area contributed by atoms with Crippen molar-refractivity contribution in [2.24, 2.45) is 0 Å². The number of anilines is 1. The van der Waals surface area contributed by atoms with Gasteiger partial charge in [0.05, 0.1) is 21.7 Å². The number of halogens is 1. The molecule has 2 N–H and O–H groups in total. The summed E-state index contributed by atoms with van der Waals surface area (Å²) in [5.41, 5.74) is 4.43. The van der Waals surface area contributed by atoms with Crippen LogP contribution in [-0.4, -0.2) is 22.5 Å². The minimum atomic E-state index is -0.283. The quantitative estimate of drug-likeness (QED) is 0.353. The number of hydrogen-bond acceptors (Lipinski definition) is 3. The molecule has 1 heterocycles. The zero-order valence-corrected chi connectivity index (χ0v) is 18.2. The Balaban J connectivity index is 1.42. The number of hydrogen-bond donors (Lipinski definition) is 2. The van der Waals surface area contributed by atoms with Crippen molar-refractivity contribution in [3.8, 4) is 17.1 Å². The number of para-hydroxylation sites is 2. The van der Waals surface area contributed by atoms with Crippen LogP contribution in [0.4, 0.5) is 5.69 Å². The monoisotopic (exact) mass is 433 g/mol. The van der Waals surface area contributed by atoms with Gasteiger partial charge in [-0.25, -0.2) is 4.98 Å². The molecule has 0 aliphatic heterocycles. The normalized spacial score (nSPS) is 12.0. The van der Waals surface area contributed by atoms with Gasteiger partial charge >= 0.3 is 0 Å². The number of carbonyl (C=O) groups excluding carboxylic acids is 1. The molecule has 0 saturated heterocycles. The van der Waals surface area contributed by atoms with E-state index in [9.17, 15) is 4.79 Å². The Labute approximate surface area is 186 Å². The molecular weight excluding hydrogens is 410 g/mol. The average molecular weight is 434 g/mol. The van der Waals surface area contributed by atoms with E-state index in [4.69, 9.17) is 16.3 Å². The number of aromatic nitrogens is 2. The van der Waals surface area contributed by atoms with E-state index in [2.05, 4.69) is 29.1 Å². The minimum Gasteiger partial charge on any atom is -0.484 e. The lowest BCUT2D eigenvalue weighted by Gasteiger charge is -2.12. The largest absolute Gasteiger partial charge is 0.484 e. The van der Waals surface area contributed by atoms with Crippen molar-refractivity contribution in [2.75, 3.05) is 11.9 Å². The number of nitrogens with zero attached hydrogens (tertiary/aromatic N) is 1. The van der Waals surface area contributed by atoms with Crippen LogP contribution in [0, 0.1) is 0 Å². The lowest BCUT2D eigenvalue weighted by molar-refractivity contribution is -0.118. The predicted molar refractivity (Wildman–Crippen MR) is 126 cm³/mol. The molecule has 0 radical (unpaired) electrons. The SMILES string of the molecule is CC[C@@H](C)c1ccc(OCC(=O)Nc2cc(-c3nc4ccccc4[nH]3)ccc2Cl)cc1. The van der Waals surface area contributed by atoms with Crippen molar-refractivity contribution in [3.63, 3.8) is 0 Å². The van der Waals surface area contributed by atoms with Crippen LogP contribution in [0.5, 0.6) is 5.75 Å². The van der Waals surface area contributed by atoms with E-state index >= 15 is 0 Å². The first-order valence-corrected chi connectivity index (χ1v) is 10.7. The van der Waals surface area contributed by atoms with Gasteiger partial charge in [0.15, 0.2) is 6.61 Å². The summed E-state index contributed by atoms with van der Waals surface area (Å²) < 4.78 is 5.63. The lowest BCUT2D eigenvalue weighted by atomic mass is 9.99. The zero-order valence-electron chi connectivity index (χ0n) is 17.5. The van der Waals surface area contributed by atoms with Crippen LogP contribution in [0.3, 0.4) is 0 Å². The molecule has 31 heavy (non-hydrogen) atoms. The van der Waals surface area contributed by atoms with Crippen molar-refractivity contribution in [1.82, 2.24) is 9.97 Å². The number of nitrogens with one attached hydrogen (secondary N) is 2. The molecule has 0 spiro atoms. The average Bonchev–Trinajstić information content (AvgIpc) is 3.23. The molecule has 0 bridgehead atoms. The summed E-state index contributed by atoms with van der Waals surface area (Å²) in [5.74, 6) is 1.59. The van der Waals surface area contributed by atoms with Crippen LogP contribution in [0.2, 0.25) is 5.02 Å². The minimum absolute atomic E-state index is 0.103. The molecular formula is C25H24ClN3O2. The van der Waals surface area contributed by atoms with Gasteiger partial charge < -0.3 is 15.0 Å². The maximum Gasteiger partial charge on any atom is 0.262 e. The number of H-pyrrole nitrogens is 1. The van der Waals surface area contributed by atoms with Crippen LogP contribution >= 0.6 is 11.6 Å². The topological polar surface area (TPSA) is 67.0 Å². The van der Waals surface area contributed by atoms with Gasteiger partial charge in [-0.05, 0) is 60.4 Å². The van der Waals surface area contributed by atoms with Gasteiger partial charge in [-0.2, -0.15) is 0 Å². The summed E-state index contributed by atoms with van der Waals surface area (Å²) in [5, 5.41) is 3.28. The zero-order chi connectivity index (χ0) is 21.8. The highest BCUT2D eigenvalue weighted by molar-refractivity contribution is 6.33. The van der Waals surface area contributed by atoms with Gasteiger partial charge in [-0.3, -0.25) is 4.79 Å². The maximum atomic E-state index is 12.4. The smallest absolute Gasteiger partial charge is 0.262 e. The molecule has 0 aliphatic carbocycles. The Morgan fingerprint density at radius 3 is 2.65 bits per heavy atom. The van der Waals surface area contributed by atoms with Gasteiger partial charge in [0, 0.05) is 5.56 Å². The third kappa shape index (κ3) is 4.89. The van der Waals surface area contributed by atoms with Gasteiger partial charge in [0.1, 0.15) is 11.6 Å². The standard InChI is InChI=1S/C25H24ClN3O2/c1-3-16(2)17-8-11-19(12-9-17)31-15-24(30)27-23-14-18(10-13-20(23)26)25-28-21-6-4-5-7-22(21)29-25/h4-14,16H,3,15H2,1-2H3,(H,27,30)(H,28,29)/t16-/m1/s1.